The number of anilines is 1. The zero-order valence-electron chi connectivity index (χ0n) is 10.1. The lowest BCUT2D eigenvalue weighted by Crippen LogP contribution is -2.23. The van der Waals surface area contributed by atoms with Crippen molar-refractivity contribution < 1.29 is 4.79 Å². The molecule has 2 aromatic heterocycles. The predicted octanol–water partition coefficient (Wildman–Crippen LogP) is 2.22. The van der Waals surface area contributed by atoms with Gasteiger partial charge < -0.3 is 11.1 Å². The number of rotatable bonds is 4. The molecule has 4 nitrogen and oxygen atoms in total. The fourth-order valence-corrected chi connectivity index (χ4v) is 2.27. The van der Waals surface area contributed by atoms with E-state index in [9.17, 15) is 4.79 Å². The largest absolute Gasteiger partial charge is 0.384 e. The molecule has 0 fully saturated rings. The lowest BCUT2D eigenvalue weighted by molar-refractivity contribution is 0.0951. The molecule has 0 saturated carbocycles. The van der Waals surface area contributed by atoms with Gasteiger partial charge in [-0.3, -0.25) is 4.79 Å². The van der Waals surface area contributed by atoms with Crippen molar-refractivity contribution in [3.63, 3.8) is 0 Å². The molecule has 0 aliphatic carbocycles. The first-order chi connectivity index (χ1) is 8.69. The van der Waals surface area contributed by atoms with Crippen LogP contribution in [0.2, 0.25) is 0 Å². The number of hydrogen-bond acceptors (Lipinski definition) is 4. The van der Waals surface area contributed by atoms with Crippen LogP contribution < -0.4 is 11.1 Å². The molecule has 0 bridgehead atoms. The summed E-state index contributed by atoms with van der Waals surface area (Å²) in [6, 6.07) is 5.37. The van der Waals surface area contributed by atoms with Gasteiger partial charge in [-0.1, -0.05) is 6.92 Å². The van der Waals surface area contributed by atoms with Crippen molar-refractivity contribution in [2.24, 2.45) is 0 Å². The Morgan fingerprint density at radius 1 is 1.50 bits per heavy atom. The Kier molecular flexibility index (Phi) is 3.94. The third kappa shape index (κ3) is 3.07. The summed E-state index contributed by atoms with van der Waals surface area (Å²) in [5.41, 5.74) is 8.17. The van der Waals surface area contributed by atoms with Crippen molar-refractivity contribution in [3.05, 3.63) is 45.8 Å². The van der Waals surface area contributed by atoms with Crippen LogP contribution in [0, 0.1) is 0 Å². The van der Waals surface area contributed by atoms with Gasteiger partial charge >= 0.3 is 0 Å². The summed E-state index contributed by atoms with van der Waals surface area (Å²) < 4.78 is 0. The minimum absolute atomic E-state index is 0.120. The Labute approximate surface area is 110 Å². The Bertz CT molecular complexity index is 537. The summed E-state index contributed by atoms with van der Waals surface area (Å²) in [7, 11) is 0. The van der Waals surface area contributed by atoms with E-state index in [1.54, 1.807) is 23.5 Å². The summed E-state index contributed by atoms with van der Waals surface area (Å²) in [5.74, 6) is 0.264. The monoisotopic (exact) mass is 261 g/mol. The number of nitrogens with zero attached hydrogens (tertiary/aromatic N) is 1. The maximum Gasteiger partial charge on any atom is 0.251 e. The van der Waals surface area contributed by atoms with Crippen LogP contribution in [0.15, 0.2) is 29.0 Å². The number of carbonyl (C=O) groups excluding carboxylic acids is 1. The molecule has 5 heteroatoms. The molecular weight excluding hydrogens is 246 g/mol. The molecule has 0 radical (unpaired) electrons. The van der Waals surface area contributed by atoms with Gasteiger partial charge in [-0.2, -0.15) is 11.3 Å². The smallest absolute Gasteiger partial charge is 0.251 e. The van der Waals surface area contributed by atoms with Crippen molar-refractivity contribution in [1.82, 2.24) is 10.3 Å². The number of thiophene rings is 1. The molecule has 2 rings (SSSR count). The molecular formula is C13H15N3OS. The van der Waals surface area contributed by atoms with Crippen LogP contribution in [0.3, 0.4) is 0 Å². The van der Waals surface area contributed by atoms with Gasteiger partial charge in [0, 0.05) is 17.8 Å². The number of nitrogens with one attached hydrogen (secondary N) is 1. The molecule has 18 heavy (non-hydrogen) atoms. The third-order valence-corrected chi connectivity index (χ3v) is 3.29. The molecule has 3 N–H and O–H groups in total. The lowest BCUT2D eigenvalue weighted by atomic mass is 10.2. The summed E-state index contributed by atoms with van der Waals surface area (Å²) in [4.78, 5) is 16.1. The Hall–Kier alpha value is -1.88. The quantitative estimate of drug-likeness (QED) is 0.886. The normalized spacial score (nSPS) is 10.3. The highest BCUT2D eigenvalue weighted by atomic mass is 32.1. The number of amides is 1. The first-order valence-electron chi connectivity index (χ1n) is 5.74. The van der Waals surface area contributed by atoms with Crippen LogP contribution in [-0.4, -0.2) is 10.9 Å². The minimum atomic E-state index is -0.120. The van der Waals surface area contributed by atoms with E-state index >= 15 is 0 Å². The van der Waals surface area contributed by atoms with Crippen molar-refractivity contribution in [1.29, 1.82) is 0 Å². The van der Waals surface area contributed by atoms with Gasteiger partial charge in [0.1, 0.15) is 5.82 Å². The summed E-state index contributed by atoms with van der Waals surface area (Å²) in [6.45, 7) is 2.51. The standard InChI is InChI=1S/C13H15N3OS/c1-2-11-5-10(6-12(14)16-11)13(17)15-7-9-3-4-18-8-9/h3-6,8H,2,7H2,1H3,(H2,14,16)(H,15,17). The third-order valence-electron chi connectivity index (χ3n) is 2.56. The molecule has 0 aliphatic rings. The van der Waals surface area contributed by atoms with E-state index in [2.05, 4.69) is 10.3 Å². The number of hydrogen-bond donors (Lipinski definition) is 2. The first kappa shape index (κ1) is 12.6. The van der Waals surface area contributed by atoms with E-state index in [0.29, 0.717) is 17.9 Å². The Morgan fingerprint density at radius 3 is 3.00 bits per heavy atom. The van der Waals surface area contributed by atoms with E-state index in [-0.39, 0.29) is 5.91 Å². The van der Waals surface area contributed by atoms with E-state index in [1.165, 1.54) is 0 Å². The maximum atomic E-state index is 12.0. The molecule has 1 amide bonds. The highest BCUT2D eigenvalue weighted by molar-refractivity contribution is 7.07. The van der Waals surface area contributed by atoms with E-state index < -0.39 is 0 Å². The molecule has 0 aliphatic heterocycles. The number of nitrogen functional groups attached to an aromatic ring is 1. The topological polar surface area (TPSA) is 68.0 Å². The van der Waals surface area contributed by atoms with Gasteiger partial charge in [-0.25, -0.2) is 4.98 Å². The van der Waals surface area contributed by atoms with Gasteiger partial charge in [0.2, 0.25) is 0 Å². The van der Waals surface area contributed by atoms with Crippen molar-refractivity contribution in [2.45, 2.75) is 19.9 Å². The second kappa shape index (κ2) is 5.64. The number of pyridine rings is 1. The fraction of sp³-hybridized carbons (Fsp3) is 0.231. The average Bonchev–Trinajstić information content (AvgIpc) is 2.88. The highest BCUT2D eigenvalue weighted by Crippen LogP contribution is 2.10. The SMILES string of the molecule is CCc1cc(C(=O)NCc2ccsc2)cc(N)n1. The molecule has 2 heterocycles. The van der Waals surface area contributed by atoms with Crippen LogP contribution in [0.25, 0.3) is 0 Å². The zero-order valence-corrected chi connectivity index (χ0v) is 11.0. The second-order valence-corrected chi connectivity index (χ2v) is 4.72. The van der Waals surface area contributed by atoms with Crippen LogP contribution in [-0.2, 0) is 13.0 Å². The average molecular weight is 261 g/mol. The number of carbonyl (C=O) groups is 1. The fourth-order valence-electron chi connectivity index (χ4n) is 1.60. The molecule has 94 valence electrons. The predicted molar refractivity (Wildman–Crippen MR) is 73.5 cm³/mol. The van der Waals surface area contributed by atoms with Gasteiger partial charge in [-0.05, 0) is 40.9 Å². The number of nitrogens with two attached hydrogens (primary N) is 1. The van der Waals surface area contributed by atoms with Crippen molar-refractivity contribution in [3.8, 4) is 0 Å². The van der Waals surface area contributed by atoms with Gasteiger partial charge in [0.25, 0.3) is 5.91 Å². The maximum absolute atomic E-state index is 12.0. The summed E-state index contributed by atoms with van der Waals surface area (Å²) in [5, 5.41) is 6.86. The van der Waals surface area contributed by atoms with Crippen molar-refractivity contribution >= 4 is 23.1 Å². The minimum Gasteiger partial charge on any atom is -0.384 e. The van der Waals surface area contributed by atoms with Gasteiger partial charge in [-0.15, -0.1) is 0 Å². The van der Waals surface area contributed by atoms with Gasteiger partial charge in [0.15, 0.2) is 0 Å². The van der Waals surface area contributed by atoms with E-state index in [1.807, 2.05) is 23.8 Å². The van der Waals surface area contributed by atoms with Crippen LogP contribution in [0.4, 0.5) is 5.82 Å². The summed E-state index contributed by atoms with van der Waals surface area (Å²) in [6.07, 6.45) is 0.760. The molecule has 0 saturated heterocycles. The van der Waals surface area contributed by atoms with Gasteiger partial charge in [0.05, 0.1) is 0 Å². The second-order valence-electron chi connectivity index (χ2n) is 3.94. The number of aryl methyl sites for hydroxylation is 1. The molecule has 0 aromatic carbocycles. The molecule has 2 aromatic rings. The lowest BCUT2D eigenvalue weighted by Gasteiger charge is -2.06. The Morgan fingerprint density at radius 2 is 2.33 bits per heavy atom. The van der Waals surface area contributed by atoms with Crippen LogP contribution in [0.5, 0.6) is 0 Å². The Balaban J connectivity index is 2.06. The highest BCUT2D eigenvalue weighted by Gasteiger charge is 2.08. The molecule has 0 spiro atoms. The zero-order chi connectivity index (χ0) is 13.0. The van der Waals surface area contributed by atoms with Crippen molar-refractivity contribution in [2.75, 3.05) is 5.73 Å². The van der Waals surface area contributed by atoms with E-state index in [4.69, 9.17) is 5.73 Å². The van der Waals surface area contributed by atoms with E-state index in [0.717, 1.165) is 17.7 Å². The van der Waals surface area contributed by atoms with Crippen LogP contribution >= 0.6 is 11.3 Å². The van der Waals surface area contributed by atoms with Crippen LogP contribution in [0.1, 0.15) is 28.5 Å². The summed E-state index contributed by atoms with van der Waals surface area (Å²) >= 11 is 1.61. The first-order valence-corrected chi connectivity index (χ1v) is 6.69. The molecule has 0 atom stereocenters. The number of aromatic nitrogens is 1. The molecule has 0 unspecified atom stereocenters.